The third kappa shape index (κ3) is 2.39. The van der Waals surface area contributed by atoms with Gasteiger partial charge in [0.15, 0.2) is 5.82 Å². The van der Waals surface area contributed by atoms with E-state index < -0.39 is 0 Å². The normalized spacial score (nSPS) is 20.1. The van der Waals surface area contributed by atoms with Crippen LogP contribution in [0.15, 0.2) is 40.5 Å². The Hall–Kier alpha value is -1.24. The number of rotatable bonds is 2. The monoisotopic (exact) mass is 302 g/mol. The van der Waals surface area contributed by atoms with Gasteiger partial charge in [-0.3, -0.25) is 0 Å². The van der Waals surface area contributed by atoms with Crippen LogP contribution in [0.2, 0.25) is 0 Å². The standard InChI is InChI=1S/C14H14N4S2/c1-2-11-10(7-9(1)8-12-15-5-6-19-12)18-13-14(20-11)17-4-3-16-13/h1-4,7,12,15H,5-6,8H2,(H,16,18). The maximum absolute atomic E-state index is 4.35. The SMILES string of the molecule is c1cnc2c(n1)Nc1cc(CC3NCCS3)ccc1S2. The van der Waals surface area contributed by atoms with Crippen LogP contribution in [-0.4, -0.2) is 27.6 Å². The fourth-order valence-electron chi connectivity index (χ4n) is 2.43. The molecule has 4 nitrogen and oxygen atoms in total. The van der Waals surface area contributed by atoms with Gasteiger partial charge < -0.3 is 10.6 Å². The molecule has 0 amide bonds. The number of benzene rings is 1. The lowest BCUT2D eigenvalue weighted by molar-refractivity contribution is 0.707. The summed E-state index contributed by atoms with van der Waals surface area (Å²) in [5.74, 6) is 2.07. The molecule has 6 heteroatoms. The number of hydrogen-bond acceptors (Lipinski definition) is 6. The summed E-state index contributed by atoms with van der Waals surface area (Å²) in [6.45, 7) is 1.12. The summed E-state index contributed by atoms with van der Waals surface area (Å²) in [6, 6.07) is 6.63. The fourth-order valence-corrected chi connectivity index (χ4v) is 4.38. The lowest BCUT2D eigenvalue weighted by Gasteiger charge is -2.20. The molecule has 2 aromatic rings. The highest BCUT2D eigenvalue weighted by atomic mass is 32.2. The second kappa shape index (κ2) is 5.27. The summed E-state index contributed by atoms with van der Waals surface area (Å²) >= 11 is 3.68. The number of hydrogen-bond donors (Lipinski definition) is 2. The van der Waals surface area contributed by atoms with Crippen molar-refractivity contribution >= 4 is 35.0 Å². The van der Waals surface area contributed by atoms with Crippen molar-refractivity contribution in [3.05, 3.63) is 36.2 Å². The number of aromatic nitrogens is 2. The molecule has 102 valence electrons. The number of fused-ring (bicyclic) bond motifs is 2. The van der Waals surface area contributed by atoms with Gasteiger partial charge in [0.05, 0.1) is 11.1 Å². The molecular formula is C14H14N4S2. The molecule has 1 fully saturated rings. The van der Waals surface area contributed by atoms with Gasteiger partial charge in [-0.15, -0.1) is 11.8 Å². The minimum Gasteiger partial charge on any atom is -0.337 e. The predicted octanol–water partition coefficient (Wildman–Crippen LogP) is 2.89. The Bertz CT molecular complexity index is 641. The van der Waals surface area contributed by atoms with Crippen molar-refractivity contribution in [2.24, 2.45) is 0 Å². The molecule has 1 atom stereocenters. The van der Waals surface area contributed by atoms with Crippen LogP contribution in [0, 0.1) is 0 Å². The van der Waals surface area contributed by atoms with Crippen molar-refractivity contribution in [1.29, 1.82) is 0 Å². The van der Waals surface area contributed by atoms with Crippen molar-refractivity contribution < 1.29 is 0 Å². The van der Waals surface area contributed by atoms with Crippen LogP contribution >= 0.6 is 23.5 Å². The summed E-state index contributed by atoms with van der Waals surface area (Å²) < 4.78 is 0. The molecule has 1 aromatic heterocycles. The van der Waals surface area contributed by atoms with E-state index in [0.29, 0.717) is 5.37 Å². The summed E-state index contributed by atoms with van der Waals surface area (Å²) in [6.07, 6.45) is 4.52. The van der Waals surface area contributed by atoms with Gasteiger partial charge in [0.1, 0.15) is 5.03 Å². The van der Waals surface area contributed by atoms with Gasteiger partial charge >= 0.3 is 0 Å². The molecular weight excluding hydrogens is 288 g/mol. The second-order valence-corrected chi connectivity index (χ2v) is 7.13. The molecule has 4 rings (SSSR count). The molecule has 0 radical (unpaired) electrons. The largest absolute Gasteiger partial charge is 0.337 e. The van der Waals surface area contributed by atoms with E-state index in [4.69, 9.17) is 0 Å². The second-order valence-electron chi connectivity index (χ2n) is 4.79. The van der Waals surface area contributed by atoms with E-state index in [9.17, 15) is 0 Å². The molecule has 1 saturated heterocycles. The van der Waals surface area contributed by atoms with Crippen LogP contribution in [0.3, 0.4) is 0 Å². The van der Waals surface area contributed by atoms with Gasteiger partial charge in [-0.05, 0) is 24.1 Å². The lowest BCUT2D eigenvalue weighted by atomic mass is 10.1. The highest BCUT2D eigenvalue weighted by Crippen LogP contribution is 2.42. The Labute approximate surface area is 126 Å². The zero-order chi connectivity index (χ0) is 13.4. The summed E-state index contributed by atoms with van der Waals surface area (Å²) in [5, 5.41) is 8.40. The molecule has 0 saturated carbocycles. The van der Waals surface area contributed by atoms with Crippen LogP contribution in [-0.2, 0) is 6.42 Å². The topological polar surface area (TPSA) is 49.8 Å². The first-order chi connectivity index (χ1) is 9.88. The predicted molar refractivity (Wildman–Crippen MR) is 83.8 cm³/mol. The lowest BCUT2D eigenvalue weighted by Crippen LogP contribution is -2.21. The minimum atomic E-state index is 0.552. The van der Waals surface area contributed by atoms with Crippen LogP contribution in [0.25, 0.3) is 0 Å². The van der Waals surface area contributed by atoms with Crippen LogP contribution in [0.4, 0.5) is 11.5 Å². The molecule has 3 heterocycles. The first kappa shape index (κ1) is 12.5. The van der Waals surface area contributed by atoms with Crippen molar-refractivity contribution in [2.75, 3.05) is 17.6 Å². The fraction of sp³-hybridized carbons (Fsp3) is 0.286. The molecule has 0 spiro atoms. The Morgan fingerprint density at radius 1 is 1.25 bits per heavy atom. The first-order valence-corrected chi connectivity index (χ1v) is 8.49. The van der Waals surface area contributed by atoms with E-state index in [1.807, 2.05) is 11.8 Å². The quantitative estimate of drug-likeness (QED) is 0.759. The zero-order valence-corrected chi connectivity index (χ0v) is 12.4. The van der Waals surface area contributed by atoms with Crippen LogP contribution in [0.1, 0.15) is 5.56 Å². The van der Waals surface area contributed by atoms with E-state index in [2.05, 4.69) is 38.8 Å². The Morgan fingerprint density at radius 2 is 2.20 bits per heavy atom. The van der Waals surface area contributed by atoms with Gasteiger partial charge in [-0.2, -0.15) is 0 Å². The molecule has 1 aromatic carbocycles. The molecule has 0 aliphatic carbocycles. The van der Waals surface area contributed by atoms with Gasteiger partial charge in [-0.1, -0.05) is 17.8 Å². The van der Waals surface area contributed by atoms with Crippen LogP contribution < -0.4 is 10.6 Å². The smallest absolute Gasteiger partial charge is 0.163 e. The highest BCUT2D eigenvalue weighted by molar-refractivity contribution is 8.00. The number of nitrogens with one attached hydrogen (secondary N) is 2. The summed E-state index contributed by atoms with van der Waals surface area (Å²) in [5.41, 5.74) is 2.50. The van der Waals surface area contributed by atoms with Gasteiger partial charge in [0.25, 0.3) is 0 Å². The average molecular weight is 302 g/mol. The van der Waals surface area contributed by atoms with E-state index in [0.717, 1.165) is 29.5 Å². The number of anilines is 2. The molecule has 0 bridgehead atoms. The molecule has 20 heavy (non-hydrogen) atoms. The third-order valence-electron chi connectivity index (χ3n) is 3.38. The minimum absolute atomic E-state index is 0.552. The van der Waals surface area contributed by atoms with Crippen molar-refractivity contribution in [1.82, 2.24) is 15.3 Å². The summed E-state index contributed by atoms with van der Waals surface area (Å²) in [4.78, 5) is 9.91. The maximum Gasteiger partial charge on any atom is 0.163 e. The van der Waals surface area contributed by atoms with Crippen molar-refractivity contribution in [3.63, 3.8) is 0 Å². The highest BCUT2D eigenvalue weighted by Gasteiger charge is 2.19. The van der Waals surface area contributed by atoms with E-state index >= 15 is 0 Å². The Morgan fingerprint density at radius 3 is 3.10 bits per heavy atom. The van der Waals surface area contributed by atoms with Crippen molar-refractivity contribution in [2.45, 2.75) is 21.7 Å². The van der Waals surface area contributed by atoms with Crippen LogP contribution in [0.5, 0.6) is 0 Å². The molecule has 2 N–H and O–H groups in total. The summed E-state index contributed by atoms with van der Waals surface area (Å²) in [7, 11) is 0. The number of thioether (sulfide) groups is 1. The Balaban J connectivity index is 1.59. The average Bonchev–Trinajstić information content (AvgIpc) is 2.98. The van der Waals surface area contributed by atoms with E-state index in [-0.39, 0.29) is 0 Å². The van der Waals surface area contributed by atoms with E-state index in [1.54, 1.807) is 24.2 Å². The maximum atomic E-state index is 4.35. The molecule has 2 aliphatic heterocycles. The Kier molecular flexibility index (Phi) is 3.29. The van der Waals surface area contributed by atoms with Gasteiger partial charge in [0.2, 0.25) is 0 Å². The van der Waals surface area contributed by atoms with Gasteiger partial charge in [0, 0.05) is 29.6 Å². The molecule has 1 unspecified atom stereocenters. The third-order valence-corrected chi connectivity index (χ3v) is 5.63. The van der Waals surface area contributed by atoms with Crippen molar-refractivity contribution in [3.8, 4) is 0 Å². The number of nitrogens with zero attached hydrogens (tertiary/aromatic N) is 2. The first-order valence-electron chi connectivity index (χ1n) is 6.62. The zero-order valence-electron chi connectivity index (χ0n) is 10.8. The van der Waals surface area contributed by atoms with Gasteiger partial charge in [-0.25, -0.2) is 9.97 Å². The molecule has 2 aliphatic rings. The van der Waals surface area contributed by atoms with E-state index in [1.165, 1.54) is 16.2 Å².